The summed E-state index contributed by atoms with van der Waals surface area (Å²) in [6, 6.07) is 20.2. The van der Waals surface area contributed by atoms with Crippen LogP contribution < -0.4 is 4.90 Å². The summed E-state index contributed by atoms with van der Waals surface area (Å²) < 4.78 is 0.833. The predicted molar refractivity (Wildman–Crippen MR) is 130 cm³/mol. The Kier molecular flexibility index (Phi) is 5.28. The van der Waals surface area contributed by atoms with Crippen LogP contribution in [0.5, 0.6) is 0 Å². The second-order valence-electron chi connectivity index (χ2n) is 6.75. The standard InChI is InChI=1S/C23H12Cl3N3OS/c24-15-8-6-13(7-9-15)10-19-22(30)29(21(27-19)14-4-2-1-3-5-14)23-28-18-11-16(25)17(26)12-20(18)31-23/h1-12H. The van der Waals surface area contributed by atoms with Crippen LogP contribution in [0.25, 0.3) is 16.3 Å². The van der Waals surface area contributed by atoms with Crippen LogP contribution in [0.2, 0.25) is 15.1 Å². The predicted octanol–water partition coefficient (Wildman–Crippen LogP) is 7.09. The fraction of sp³-hybridized carbons (Fsp3) is 0. The highest BCUT2D eigenvalue weighted by atomic mass is 35.5. The lowest BCUT2D eigenvalue weighted by Gasteiger charge is -2.14. The third kappa shape index (κ3) is 3.86. The molecule has 0 fully saturated rings. The molecule has 3 aromatic carbocycles. The van der Waals surface area contributed by atoms with E-state index in [1.807, 2.05) is 42.5 Å². The lowest BCUT2D eigenvalue weighted by molar-refractivity contribution is -0.113. The molecule has 4 aromatic rings. The Morgan fingerprint density at radius 1 is 0.903 bits per heavy atom. The van der Waals surface area contributed by atoms with Crippen molar-refractivity contribution in [2.45, 2.75) is 0 Å². The van der Waals surface area contributed by atoms with Gasteiger partial charge >= 0.3 is 0 Å². The number of carbonyl (C=O) groups excluding carboxylic acids is 1. The zero-order valence-corrected chi connectivity index (χ0v) is 18.8. The van der Waals surface area contributed by atoms with Crippen LogP contribution in [0.15, 0.2) is 77.4 Å². The normalized spacial score (nSPS) is 15.2. The minimum atomic E-state index is -0.259. The van der Waals surface area contributed by atoms with Crippen LogP contribution >= 0.6 is 46.1 Å². The van der Waals surface area contributed by atoms with Crippen molar-refractivity contribution in [3.05, 3.63) is 98.6 Å². The lowest BCUT2D eigenvalue weighted by atomic mass is 10.2. The van der Waals surface area contributed by atoms with Gasteiger partial charge in [-0.1, -0.05) is 88.6 Å². The summed E-state index contributed by atoms with van der Waals surface area (Å²) in [5.41, 5.74) is 2.63. The van der Waals surface area contributed by atoms with Crippen molar-refractivity contribution in [2.75, 3.05) is 4.90 Å². The molecule has 2 heterocycles. The smallest absolute Gasteiger partial charge is 0.266 e. The Morgan fingerprint density at radius 2 is 1.61 bits per heavy atom. The van der Waals surface area contributed by atoms with Gasteiger partial charge in [-0.15, -0.1) is 0 Å². The van der Waals surface area contributed by atoms with Crippen LogP contribution in [0.4, 0.5) is 5.13 Å². The van der Waals surface area contributed by atoms with Crippen LogP contribution in [0.3, 0.4) is 0 Å². The van der Waals surface area contributed by atoms with Crippen molar-refractivity contribution >= 4 is 79.3 Å². The van der Waals surface area contributed by atoms with Crippen molar-refractivity contribution in [1.82, 2.24) is 4.98 Å². The monoisotopic (exact) mass is 483 g/mol. The van der Waals surface area contributed by atoms with Crippen LogP contribution in [-0.4, -0.2) is 16.7 Å². The number of amides is 1. The van der Waals surface area contributed by atoms with Gasteiger partial charge in [0.25, 0.3) is 5.91 Å². The Labute approximate surface area is 197 Å². The highest BCUT2D eigenvalue weighted by Crippen LogP contribution is 2.37. The molecule has 0 spiro atoms. The Hall–Kier alpha value is -2.70. The maximum atomic E-state index is 13.4. The van der Waals surface area contributed by atoms with Gasteiger partial charge in [0.05, 0.1) is 20.3 Å². The molecule has 31 heavy (non-hydrogen) atoms. The molecule has 0 aliphatic carbocycles. The molecule has 0 saturated carbocycles. The topological polar surface area (TPSA) is 45.6 Å². The second kappa shape index (κ2) is 8.09. The van der Waals surface area contributed by atoms with Gasteiger partial charge in [-0.2, -0.15) is 0 Å². The summed E-state index contributed by atoms with van der Waals surface area (Å²) in [4.78, 5) is 24.2. The summed E-state index contributed by atoms with van der Waals surface area (Å²) in [5.74, 6) is 0.257. The van der Waals surface area contributed by atoms with E-state index >= 15 is 0 Å². The number of thiazole rings is 1. The van der Waals surface area contributed by atoms with Gasteiger partial charge < -0.3 is 0 Å². The van der Waals surface area contributed by atoms with Gasteiger partial charge in [0.1, 0.15) is 11.5 Å². The van der Waals surface area contributed by atoms with Crippen LogP contribution in [0.1, 0.15) is 11.1 Å². The molecule has 8 heteroatoms. The molecule has 0 saturated heterocycles. The quantitative estimate of drug-likeness (QED) is 0.291. The van der Waals surface area contributed by atoms with E-state index in [0.717, 1.165) is 15.8 Å². The number of benzene rings is 3. The highest BCUT2D eigenvalue weighted by Gasteiger charge is 2.34. The van der Waals surface area contributed by atoms with E-state index in [0.29, 0.717) is 37.2 Å². The molecule has 0 bridgehead atoms. The molecule has 0 atom stereocenters. The highest BCUT2D eigenvalue weighted by molar-refractivity contribution is 7.22. The summed E-state index contributed by atoms with van der Waals surface area (Å²) in [6.07, 6.45) is 1.74. The molecular formula is C23H12Cl3N3OS. The Balaban J connectivity index is 1.64. The first-order chi connectivity index (χ1) is 15.0. The molecule has 1 amide bonds. The van der Waals surface area contributed by atoms with E-state index in [1.165, 1.54) is 16.2 Å². The summed E-state index contributed by atoms with van der Waals surface area (Å²) in [5, 5.41) is 1.98. The van der Waals surface area contributed by atoms with Gasteiger partial charge in [-0.3, -0.25) is 4.79 Å². The van der Waals surface area contributed by atoms with Crippen molar-refractivity contribution in [2.24, 2.45) is 4.99 Å². The minimum Gasteiger partial charge on any atom is -0.266 e. The number of aromatic nitrogens is 1. The van der Waals surface area contributed by atoms with Gasteiger partial charge in [-0.05, 0) is 35.9 Å². The number of aliphatic imine (C=N–C) groups is 1. The summed E-state index contributed by atoms with van der Waals surface area (Å²) in [6.45, 7) is 0. The maximum absolute atomic E-state index is 13.4. The molecule has 1 aliphatic heterocycles. The number of carbonyl (C=O) groups is 1. The fourth-order valence-electron chi connectivity index (χ4n) is 3.20. The van der Waals surface area contributed by atoms with E-state index in [9.17, 15) is 4.79 Å². The number of amidine groups is 1. The maximum Gasteiger partial charge on any atom is 0.284 e. The molecular weight excluding hydrogens is 473 g/mol. The summed E-state index contributed by atoms with van der Waals surface area (Å²) in [7, 11) is 0. The molecule has 152 valence electrons. The fourth-order valence-corrected chi connectivity index (χ4v) is 4.70. The number of hydrogen-bond donors (Lipinski definition) is 0. The van der Waals surface area contributed by atoms with Crippen LogP contribution in [0, 0.1) is 0 Å². The average molecular weight is 485 g/mol. The van der Waals surface area contributed by atoms with E-state index in [4.69, 9.17) is 34.8 Å². The van der Waals surface area contributed by atoms with Crippen molar-refractivity contribution < 1.29 is 4.79 Å². The third-order valence-corrected chi connectivity index (χ3v) is 6.65. The largest absolute Gasteiger partial charge is 0.284 e. The van der Waals surface area contributed by atoms with Gasteiger partial charge in [0, 0.05) is 10.6 Å². The van der Waals surface area contributed by atoms with Crippen molar-refractivity contribution in [3.8, 4) is 0 Å². The van der Waals surface area contributed by atoms with E-state index in [1.54, 1.807) is 30.3 Å². The van der Waals surface area contributed by atoms with E-state index in [-0.39, 0.29) is 5.91 Å². The van der Waals surface area contributed by atoms with Gasteiger partial charge in [0.2, 0.25) is 0 Å². The number of anilines is 1. The molecule has 5 rings (SSSR count). The minimum absolute atomic E-state index is 0.259. The van der Waals surface area contributed by atoms with Gasteiger partial charge in [-0.25, -0.2) is 14.9 Å². The van der Waals surface area contributed by atoms with E-state index in [2.05, 4.69) is 9.98 Å². The first-order valence-corrected chi connectivity index (χ1v) is 11.2. The van der Waals surface area contributed by atoms with E-state index < -0.39 is 0 Å². The molecule has 0 N–H and O–H groups in total. The lowest BCUT2D eigenvalue weighted by Crippen LogP contribution is -2.32. The first kappa shape index (κ1) is 20.2. The van der Waals surface area contributed by atoms with Crippen molar-refractivity contribution in [3.63, 3.8) is 0 Å². The number of nitrogens with zero attached hydrogens (tertiary/aromatic N) is 3. The zero-order valence-electron chi connectivity index (χ0n) is 15.7. The third-order valence-electron chi connectivity index (χ3n) is 4.68. The number of hydrogen-bond acceptors (Lipinski definition) is 4. The van der Waals surface area contributed by atoms with Crippen molar-refractivity contribution in [1.29, 1.82) is 0 Å². The number of halogens is 3. The summed E-state index contributed by atoms with van der Waals surface area (Å²) >= 11 is 19.6. The average Bonchev–Trinajstić information content (AvgIpc) is 3.31. The Bertz CT molecular complexity index is 1340. The first-order valence-electron chi connectivity index (χ1n) is 9.21. The molecule has 1 aromatic heterocycles. The zero-order chi connectivity index (χ0) is 21.5. The molecule has 1 aliphatic rings. The number of fused-ring (bicyclic) bond motifs is 1. The second-order valence-corrected chi connectivity index (χ2v) is 9.01. The van der Waals surface area contributed by atoms with Crippen LogP contribution in [-0.2, 0) is 4.79 Å². The SMILES string of the molecule is O=C1C(=Cc2ccc(Cl)cc2)N=C(c2ccccc2)N1c1nc2cc(Cl)c(Cl)cc2s1. The van der Waals surface area contributed by atoms with Gasteiger partial charge in [0.15, 0.2) is 5.13 Å². The Morgan fingerprint density at radius 3 is 2.35 bits per heavy atom. The molecule has 0 radical (unpaired) electrons. The molecule has 0 unspecified atom stereocenters. The number of rotatable bonds is 3. The molecule has 4 nitrogen and oxygen atoms in total.